The van der Waals surface area contributed by atoms with Crippen molar-refractivity contribution in [3.05, 3.63) is 75.6 Å². The minimum Gasteiger partial charge on any atom is -0.493 e. The quantitative estimate of drug-likeness (QED) is 0.249. The molecule has 9 heteroatoms. The summed E-state index contributed by atoms with van der Waals surface area (Å²) in [7, 11) is 2.85. The fraction of sp³-hybridized carbons (Fsp3) is 0.192. The number of aryl methyl sites for hydroxylation is 1. The van der Waals surface area contributed by atoms with Crippen LogP contribution in [-0.4, -0.2) is 43.5 Å². The number of amides is 1. The molecule has 0 atom stereocenters. The number of rotatable bonds is 9. The Labute approximate surface area is 205 Å². The molecule has 180 valence electrons. The molecule has 2 heterocycles. The highest BCUT2D eigenvalue weighted by Crippen LogP contribution is 2.37. The van der Waals surface area contributed by atoms with E-state index in [0.717, 1.165) is 22.9 Å². The Balaban J connectivity index is 1.54. The van der Waals surface area contributed by atoms with E-state index in [9.17, 15) is 14.4 Å². The first kappa shape index (κ1) is 24.0. The summed E-state index contributed by atoms with van der Waals surface area (Å²) in [6.07, 6.45) is 2.46. The molecule has 0 aliphatic heterocycles. The lowest BCUT2D eigenvalue weighted by Crippen LogP contribution is -2.16. The zero-order valence-electron chi connectivity index (χ0n) is 19.5. The van der Waals surface area contributed by atoms with Gasteiger partial charge in [-0.15, -0.1) is 11.3 Å². The van der Waals surface area contributed by atoms with Gasteiger partial charge in [-0.2, -0.15) is 0 Å². The summed E-state index contributed by atoms with van der Waals surface area (Å²) < 4.78 is 16.0. The second kappa shape index (κ2) is 10.4. The van der Waals surface area contributed by atoms with Gasteiger partial charge in [-0.25, -0.2) is 4.79 Å². The van der Waals surface area contributed by atoms with Gasteiger partial charge in [0.25, 0.3) is 5.91 Å². The van der Waals surface area contributed by atoms with Crippen molar-refractivity contribution in [2.45, 2.75) is 13.3 Å². The van der Waals surface area contributed by atoms with Crippen molar-refractivity contribution in [1.29, 1.82) is 0 Å². The third-order valence-corrected chi connectivity index (χ3v) is 6.39. The number of hydrogen-bond acceptors (Lipinski definition) is 7. The number of H-pyrrole nitrogens is 1. The van der Waals surface area contributed by atoms with E-state index in [4.69, 9.17) is 14.2 Å². The molecular formula is C26H24N2O6S. The molecule has 35 heavy (non-hydrogen) atoms. The van der Waals surface area contributed by atoms with Gasteiger partial charge in [-0.1, -0.05) is 31.2 Å². The average molecular weight is 493 g/mol. The summed E-state index contributed by atoms with van der Waals surface area (Å²) in [6.45, 7) is 1.60. The number of carbonyl (C=O) groups excluding carboxylic acids is 3. The van der Waals surface area contributed by atoms with Crippen molar-refractivity contribution >= 4 is 45.6 Å². The van der Waals surface area contributed by atoms with Gasteiger partial charge in [0.05, 0.1) is 30.3 Å². The second-order valence-corrected chi connectivity index (χ2v) is 8.53. The second-order valence-electron chi connectivity index (χ2n) is 7.59. The summed E-state index contributed by atoms with van der Waals surface area (Å²) in [5, 5.41) is 5.31. The van der Waals surface area contributed by atoms with Crippen molar-refractivity contribution < 1.29 is 28.6 Å². The van der Waals surface area contributed by atoms with Crippen LogP contribution in [0.25, 0.3) is 10.9 Å². The molecule has 0 aliphatic rings. The lowest BCUT2D eigenvalue weighted by molar-refractivity contribution is 0.0475. The van der Waals surface area contributed by atoms with Crippen molar-refractivity contribution in [3.8, 4) is 11.5 Å². The van der Waals surface area contributed by atoms with Crippen LogP contribution in [0, 0.1) is 0 Å². The van der Waals surface area contributed by atoms with E-state index in [-0.39, 0.29) is 34.4 Å². The van der Waals surface area contributed by atoms with Crippen molar-refractivity contribution in [3.63, 3.8) is 0 Å². The summed E-state index contributed by atoms with van der Waals surface area (Å²) in [5.41, 5.74) is 2.80. The van der Waals surface area contributed by atoms with Crippen LogP contribution in [0.15, 0.2) is 54.0 Å². The number of ketones is 1. The number of ether oxygens (including phenoxy) is 3. The van der Waals surface area contributed by atoms with Gasteiger partial charge in [0.1, 0.15) is 0 Å². The Morgan fingerprint density at radius 3 is 2.57 bits per heavy atom. The minimum atomic E-state index is -0.736. The fourth-order valence-corrected chi connectivity index (χ4v) is 4.42. The number of methoxy groups -OCH3 is 2. The first-order chi connectivity index (χ1) is 17.0. The smallest absolute Gasteiger partial charge is 0.338 e. The van der Waals surface area contributed by atoms with E-state index in [0.29, 0.717) is 10.4 Å². The molecule has 0 unspecified atom stereocenters. The SMILES string of the molecule is CCc1cccc2c(C(=O)COC(=O)c3cc(NC(=O)c4cccs4)c(OC)c(OC)c3)c[nH]c12. The predicted octanol–water partition coefficient (Wildman–Crippen LogP) is 5.10. The highest BCUT2D eigenvalue weighted by Gasteiger charge is 2.21. The zero-order chi connectivity index (χ0) is 24.9. The highest BCUT2D eigenvalue weighted by molar-refractivity contribution is 7.12. The van der Waals surface area contributed by atoms with Crippen molar-refractivity contribution in [2.24, 2.45) is 0 Å². The average Bonchev–Trinajstić information content (AvgIpc) is 3.57. The topological polar surface area (TPSA) is 107 Å². The van der Waals surface area contributed by atoms with E-state index in [1.165, 1.54) is 37.7 Å². The maximum atomic E-state index is 12.8. The van der Waals surface area contributed by atoms with Gasteiger partial charge in [-0.3, -0.25) is 9.59 Å². The molecule has 0 spiro atoms. The third kappa shape index (κ3) is 4.90. The normalized spacial score (nSPS) is 10.7. The molecule has 0 radical (unpaired) electrons. The van der Waals surface area contributed by atoms with Gasteiger partial charge in [0, 0.05) is 22.7 Å². The standard InChI is InChI=1S/C26H24N2O6S/c1-4-15-7-5-8-17-18(13-27-23(15)17)20(29)14-34-26(31)16-11-19(24(33-3)21(12-16)32-2)28-25(30)22-9-6-10-35-22/h5-13,27H,4,14H2,1-3H3,(H,28,30). The number of aromatic amines is 1. The van der Waals surface area contributed by atoms with Crippen LogP contribution in [0.3, 0.4) is 0 Å². The van der Waals surface area contributed by atoms with Crippen molar-refractivity contribution in [2.75, 3.05) is 26.1 Å². The molecule has 0 fully saturated rings. The van der Waals surface area contributed by atoms with Crippen LogP contribution in [0.5, 0.6) is 11.5 Å². The Kier molecular flexibility index (Phi) is 7.17. The molecule has 2 N–H and O–H groups in total. The fourth-order valence-electron chi connectivity index (χ4n) is 3.80. The number of fused-ring (bicyclic) bond motifs is 1. The number of thiophene rings is 1. The van der Waals surface area contributed by atoms with E-state index < -0.39 is 12.6 Å². The first-order valence-electron chi connectivity index (χ1n) is 10.9. The number of nitrogens with one attached hydrogen (secondary N) is 2. The minimum absolute atomic E-state index is 0.101. The van der Waals surface area contributed by atoms with E-state index >= 15 is 0 Å². The number of aromatic nitrogens is 1. The number of benzene rings is 2. The Morgan fingerprint density at radius 1 is 1.06 bits per heavy atom. The maximum absolute atomic E-state index is 12.8. The highest BCUT2D eigenvalue weighted by atomic mass is 32.1. The molecule has 0 saturated carbocycles. The summed E-state index contributed by atoms with van der Waals surface area (Å²) in [5.74, 6) is -0.926. The lowest BCUT2D eigenvalue weighted by Gasteiger charge is -2.15. The number of para-hydroxylation sites is 1. The monoisotopic (exact) mass is 492 g/mol. The molecule has 0 saturated heterocycles. The number of esters is 1. The molecule has 2 aromatic heterocycles. The summed E-state index contributed by atoms with van der Waals surface area (Å²) in [4.78, 5) is 41.9. The zero-order valence-corrected chi connectivity index (χ0v) is 20.3. The molecular weight excluding hydrogens is 468 g/mol. The van der Waals surface area contributed by atoms with Crippen LogP contribution in [0.4, 0.5) is 5.69 Å². The van der Waals surface area contributed by atoms with Crippen LogP contribution in [-0.2, 0) is 11.2 Å². The van der Waals surface area contributed by atoms with Gasteiger partial charge in [0.15, 0.2) is 18.1 Å². The van der Waals surface area contributed by atoms with Crippen LogP contribution < -0.4 is 14.8 Å². The number of hydrogen-bond donors (Lipinski definition) is 2. The molecule has 0 bridgehead atoms. The third-order valence-electron chi connectivity index (χ3n) is 5.53. The predicted molar refractivity (Wildman–Crippen MR) is 134 cm³/mol. The van der Waals surface area contributed by atoms with E-state index in [1.54, 1.807) is 23.7 Å². The van der Waals surface area contributed by atoms with Crippen LogP contribution in [0.1, 0.15) is 42.9 Å². The largest absolute Gasteiger partial charge is 0.493 e. The summed E-state index contributed by atoms with van der Waals surface area (Å²) >= 11 is 1.28. The lowest BCUT2D eigenvalue weighted by atomic mass is 10.1. The maximum Gasteiger partial charge on any atom is 0.338 e. The first-order valence-corrected chi connectivity index (χ1v) is 11.7. The molecule has 0 aliphatic carbocycles. The van der Waals surface area contributed by atoms with Gasteiger partial charge in [0.2, 0.25) is 5.78 Å². The van der Waals surface area contributed by atoms with Crippen molar-refractivity contribution in [1.82, 2.24) is 4.98 Å². The molecule has 4 rings (SSSR count). The summed E-state index contributed by atoms with van der Waals surface area (Å²) in [6, 6.07) is 12.1. The molecule has 8 nitrogen and oxygen atoms in total. The van der Waals surface area contributed by atoms with Crippen LogP contribution >= 0.6 is 11.3 Å². The Morgan fingerprint density at radius 2 is 1.89 bits per heavy atom. The van der Waals surface area contributed by atoms with Crippen LogP contribution in [0.2, 0.25) is 0 Å². The molecule has 2 aromatic carbocycles. The number of carbonyl (C=O) groups is 3. The Hall–Kier alpha value is -4.11. The molecule has 1 amide bonds. The van der Waals surface area contributed by atoms with Gasteiger partial charge in [-0.05, 0) is 35.6 Å². The van der Waals surface area contributed by atoms with Gasteiger partial charge < -0.3 is 24.5 Å². The number of Topliss-reactive ketones (excluding diaryl/α,β-unsaturated/α-hetero) is 1. The van der Waals surface area contributed by atoms with Gasteiger partial charge >= 0.3 is 5.97 Å². The molecule has 4 aromatic rings. The van der Waals surface area contributed by atoms with E-state index in [2.05, 4.69) is 10.3 Å². The van der Waals surface area contributed by atoms with E-state index in [1.807, 2.05) is 25.1 Å². The Bertz CT molecular complexity index is 1390. The number of anilines is 1.